The molecule has 2 rings (SSSR count). The van der Waals surface area contributed by atoms with Crippen LogP contribution in [0.2, 0.25) is 0 Å². The maximum Gasteiger partial charge on any atom is 0.191 e. The zero-order valence-electron chi connectivity index (χ0n) is 10.8. The van der Waals surface area contributed by atoms with Crippen molar-refractivity contribution in [3.05, 3.63) is 30.9 Å². The minimum Gasteiger partial charge on any atom is -0.356 e. The quantitative estimate of drug-likeness (QED) is 0.355. The SMILES string of the molecule is CN=C(NCCCn1ccnc1)NC1CC=CC1. The summed E-state index contributed by atoms with van der Waals surface area (Å²) >= 11 is 0. The number of aliphatic imine (C=N–C) groups is 1. The van der Waals surface area contributed by atoms with Gasteiger partial charge in [0.2, 0.25) is 0 Å². The van der Waals surface area contributed by atoms with Crippen molar-refractivity contribution in [3.8, 4) is 0 Å². The van der Waals surface area contributed by atoms with E-state index >= 15 is 0 Å². The molecule has 0 aromatic carbocycles. The highest BCUT2D eigenvalue weighted by Gasteiger charge is 2.10. The summed E-state index contributed by atoms with van der Waals surface area (Å²) in [7, 11) is 1.81. The first-order valence-corrected chi connectivity index (χ1v) is 6.46. The third-order valence-corrected chi connectivity index (χ3v) is 3.02. The number of imidazole rings is 1. The number of nitrogens with zero attached hydrogens (tertiary/aromatic N) is 3. The molecule has 0 radical (unpaired) electrons. The molecule has 5 heteroatoms. The molecule has 2 N–H and O–H groups in total. The van der Waals surface area contributed by atoms with Crippen LogP contribution < -0.4 is 10.6 Å². The molecule has 18 heavy (non-hydrogen) atoms. The van der Waals surface area contributed by atoms with E-state index in [4.69, 9.17) is 0 Å². The molecule has 0 saturated carbocycles. The van der Waals surface area contributed by atoms with Crippen LogP contribution in [-0.4, -0.2) is 35.1 Å². The third kappa shape index (κ3) is 3.91. The lowest BCUT2D eigenvalue weighted by atomic mass is 10.2. The molecular weight excluding hydrogens is 226 g/mol. The van der Waals surface area contributed by atoms with Crippen molar-refractivity contribution >= 4 is 5.96 Å². The average molecular weight is 247 g/mol. The second kappa shape index (κ2) is 6.83. The van der Waals surface area contributed by atoms with Gasteiger partial charge in [0.1, 0.15) is 0 Å². The highest BCUT2D eigenvalue weighted by molar-refractivity contribution is 5.80. The largest absolute Gasteiger partial charge is 0.356 e. The van der Waals surface area contributed by atoms with Crippen LogP contribution >= 0.6 is 0 Å². The van der Waals surface area contributed by atoms with Gasteiger partial charge in [-0.3, -0.25) is 4.99 Å². The lowest BCUT2D eigenvalue weighted by Crippen LogP contribution is -2.42. The molecule has 98 valence electrons. The average Bonchev–Trinajstić information content (AvgIpc) is 3.06. The van der Waals surface area contributed by atoms with Gasteiger partial charge in [-0.05, 0) is 19.3 Å². The molecule has 0 aliphatic heterocycles. The molecule has 0 bridgehead atoms. The third-order valence-electron chi connectivity index (χ3n) is 3.02. The fraction of sp³-hybridized carbons (Fsp3) is 0.538. The number of hydrogen-bond donors (Lipinski definition) is 2. The van der Waals surface area contributed by atoms with E-state index in [0.717, 1.165) is 38.3 Å². The van der Waals surface area contributed by atoms with E-state index in [1.807, 2.05) is 19.6 Å². The molecular formula is C13H21N5. The van der Waals surface area contributed by atoms with Crippen LogP contribution in [0, 0.1) is 0 Å². The Balaban J connectivity index is 1.61. The number of rotatable bonds is 5. The zero-order chi connectivity index (χ0) is 12.6. The fourth-order valence-corrected chi connectivity index (χ4v) is 2.01. The van der Waals surface area contributed by atoms with Gasteiger partial charge in [-0.15, -0.1) is 0 Å². The maximum atomic E-state index is 4.23. The molecule has 1 heterocycles. The Hall–Kier alpha value is -1.78. The van der Waals surface area contributed by atoms with Gasteiger partial charge < -0.3 is 15.2 Å². The molecule has 0 atom stereocenters. The van der Waals surface area contributed by atoms with Gasteiger partial charge in [0.15, 0.2) is 5.96 Å². The molecule has 1 aromatic rings. The van der Waals surface area contributed by atoms with Gasteiger partial charge in [0.05, 0.1) is 6.33 Å². The Bertz CT molecular complexity index is 386. The highest BCUT2D eigenvalue weighted by Crippen LogP contribution is 2.08. The Morgan fingerprint density at radius 1 is 1.44 bits per heavy atom. The summed E-state index contributed by atoms with van der Waals surface area (Å²) in [6, 6.07) is 0.504. The summed E-state index contributed by atoms with van der Waals surface area (Å²) in [4.78, 5) is 8.25. The van der Waals surface area contributed by atoms with Gasteiger partial charge in [-0.2, -0.15) is 0 Å². The van der Waals surface area contributed by atoms with Gasteiger partial charge in [-0.1, -0.05) is 12.2 Å². The molecule has 1 aliphatic rings. The minimum atomic E-state index is 0.504. The first kappa shape index (κ1) is 12.7. The Morgan fingerprint density at radius 3 is 2.94 bits per heavy atom. The predicted octanol–water partition coefficient (Wildman–Crippen LogP) is 1.16. The van der Waals surface area contributed by atoms with Gasteiger partial charge >= 0.3 is 0 Å². The van der Waals surface area contributed by atoms with Gasteiger partial charge in [0, 0.05) is 38.6 Å². The van der Waals surface area contributed by atoms with Crippen molar-refractivity contribution in [3.63, 3.8) is 0 Å². The number of aryl methyl sites for hydroxylation is 1. The summed E-state index contributed by atoms with van der Waals surface area (Å²) < 4.78 is 2.08. The van der Waals surface area contributed by atoms with E-state index in [9.17, 15) is 0 Å². The standard InChI is InChI=1S/C13H21N5/c1-14-13(17-12-5-2-3-6-12)16-7-4-9-18-10-8-15-11-18/h2-3,8,10-12H,4-7,9H2,1H3,(H2,14,16,17). The summed E-state index contributed by atoms with van der Waals surface area (Å²) in [6.07, 6.45) is 13.3. The van der Waals surface area contributed by atoms with Crippen LogP contribution in [0.5, 0.6) is 0 Å². The van der Waals surface area contributed by atoms with Crippen molar-refractivity contribution in [2.24, 2.45) is 4.99 Å². The molecule has 0 unspecified atom stereocenters. The smallest absolute Gasteiger partial charge is 0.191 e. The lowest BCUT2D eigenvalue weighted by Gasteiger charge is -2.16. The van der Waals surface area contributed by atoms with Crippen molar-refractivity contribution in [1.29, 1.82) is 0 Å². The topological polar surface area (TPSA) is 54.2 Å². The van der Waals surface area contributed by atoms with Crippen LogP contribution in [0.15, 0.2) is 35.9 Å². The van der Waals surface area contributed by atoms with Crippen molar-refractivity contribution in [1.82, 2.24) is 20.2 Å². The van der Waals surface area contributed by atoms with Crippen LogP contribution in [-0.2, 0) is 6.54 Å². The summed E-state index contributed by atoms with van der Waals surface area (Å²) in [5, 5.41) is 6.75. The molecule has 0 saturated heterocycles. The predicted molar refractivity (Wildman–Crippen MR) is 73.5 cm³/mol. The lowest BCUT2D eigenvalue weighted by molar-refractivity contribution is 0.603. The van der Waals surface area contributed by atoms with Gasteiger partial charge in [0.25, 0.3) is 0 Å². The van der Waals surface area contributed by atoms with Crippen LogP contribution in [0.4, 0.5) is 0 Å². The van der Waals surface area contributed by atoms with E-state index in [2.05, 4.69) is 37.3 Å². The molecule has 5 nitrogen and oxygen atoms in total. The van der Waals surface area contributed by atoms with E-state index < -0.39 is 0 Å². The molecule has 0 fully saturated rings. The van der Waals surface area contributed by atoms with Crippen LogP contribution in [0.25, 0.3) is 0 Å². The Morgan fingerprint density at radius 2 is 2.28 bits per heavy atom. The van der Waals surface area contributed by atoms with E-state index in [1.54, 1.807) is 6.20 Å². The highest BCUT2D eigenvalue weighted by atomic mass is 15.2. The maximum absolute atomic E-state index is 4.23. The molecule has 1 aromatic heterocycles. The molecule has 0 amide bonds. The molecule has 1 aliphatic carbocycles. The number of aromatic nitrogens is 2. The van der Waals surface area contributed by atoms with E-state index in [0.29, 0.717) is 6.04 Å². The zero-order valence-corrected chi connectivity index (χ0v) is 10.8. The monoisotopic (exact) mass is 247 g/mol. The van der Waals surface area contributed by atoms with Gasteiger partial charge in [-0.25, -0.2) is 4.98 Å². The van der Waals surface area contributed by atoms with Crippen LogP contribution in [0.1, 0.15) is 19.3 Å². The first-order valence-electron chi connectivity index (χ1n) is 6.46. The van der Waals surface area contributed by atoms with Crippen LogP contribution in [0.3, 0.4) is 0 Å². The Labute approximate surface area is 108 Å². The Kier molecular flexibility index (Phi) is 4.81. The normalized spacial score (nSPS) is 16.2. The fourth-order valence-electron chi connectivity index (χ4n) is 2.01. The summed E-state index contributed by atoms with van der Waals surface area (Å²) in [5.74, 6) is 0.898. The van der Waals surface area contributed by atoms with Crippen molar-refractivity contribution in [2.45, 2.75) is 31.8 Å². The second-order valence-electron chi connectivity index (χ2n) is 4.44. The summed E-state index contributed by atoms with van der Waals surface area (Å²) in [5.41, 5.74) is 0. The first-order chi connectivity index (χ1) is 8.88. The van der Waals surface area contributed by atoms with E-state index in [-0.39, 0.29) is 0 Å². The van der Waals surface area contributed by atoms with Crippen molar-refractivity contribution in [2.75, 3.05) is 13.6 Å². The number of hydrogen-bond acceptors (Lipinski definition) is 2. The minimum absolute atomic E-state index is 0.504. The van der Waals surface area contributed by atoms with E-state index in [1.165, 1.54) is 0 Å². The van der Waals surface area contributed by atoms with Crippen molar-refractivity contribution < 1.29 is 0 Å². The molecule has 0 spiro atoms. The second-order valence-corrected chi connectivity index (χ2v) is 4.44. The summed E-state index contributed by atoms with van der Waals surface area (Å²) in [6.45, 7) is 1.90. The number of nitrogens with one attached hydrogen (secondary N) is 2. The number of guanidine groups is 1.